The zero-order valence-corrected chi connectivity index (χ0v) is 10.6. The molecule has 1 saturated heterocycles. The van der Waals surface area contributed by atoms with E-state index in [2.05, 4.69) is 15.5 Å². The largest absolute Gasteiger partial charge is 0.480 e. The molecule has 1 aliphatic rings. The molecule has 18 heavy (non-hydrogen) atoms. The van der Waals surface area contributed by atoms with Crippen LogP contribution in [0, 0.1) is 0 Å². The molecule has 0 bridgehead atoms. The molecule has 2 atom stereocenters. The van der Waals surface area contributed by atoms with Crippen molar-refractivity contribution in [2.75, 3.05) is 26.7 Å². The topological polar surface area (TPSA) is 102 Å². The Morgan fingerprint density at radius 3 is 2.72 bits per heavy atom. The summed E-state index contributed by atoms with van der Waals surface area (Å²) in [5.41, 5.74) is 0. The average Bonchev–Trinajstić information content (AvgIpc) is 2.71. The molecule has 1 rings (SSSR count). The molecule has 2 unspecified atom stereocenters. The maximum atomic E-state index is 11.5. The molecule has 1 aliphatic heterocycles. The van der Waals surface area contributed by atoms with E-state index in [1.54, 1.807) is 0 Å². The number of carbonyl (C=O) groups is 2. The number of carboxylic acid groups (broad SMARTS) is 1. The number of likely N-dealkylation sites (tertiary alicyclic amines) is 1. The summed E-state index contributed by atoms with van der Waals surface area (Å²) in [7, 11) is 2.00. The van der Waals surface area contributed by atoms with Gasteiger partial charge in [-0.15, -0.1) is 0 Å². The number of aliphatic hydroxyl groups excluding tert-OH is 1. The third kappa shape index (κ3) is 4.50. The number of aliphatic carboxylic acids is 1. The van der Waals surface area contributed by atoms with Crippen molar-refractivity contribution in [3.63, 3.8) is 0 Å². The molecule has 0 aromatic rings. The van der Waals surface area contributed by atoms with Crippen molar-refractivity contribution in [3.8, 4) is 0 Å². The van der Waals surface area contributed by atoms with Crippen LogP contribution in [0.2, 0.25) is 0 Å². The highest BCUT2D eigenvalue weighted by molar-refractivity contribution is 5.82. The van der Waals surface area contributed by atoms with Gasteiger partial charge in [0.25, 0.3) is 0 Å². The molecule has 0 saturated carbocycles. The van der Waals surface area contributed by atoms with Crippen LogP contribution in [0.25, 0.3) is 0 Å². The number of carbonyl (C=O) groups excluding carboxylic acids is 1. The van der Waals surface area contributed by atoms with E-state index in [1.807, 2.05) is 7.05 Å². The van der Waals surface area contributed by atoms with Crippen LogP contribution in [0.5, 0.6) is 0 Å². The number of urea groups is 1. The number of amides is 2. The molecule has 7 heteroatoms. The minimum absolute atomic E-state index is 0.00604. The first-order valence-corrected chi connectivity index (χ1v) is 6.13. The van der Waals surface area contributed by atoms with Crippen molar-refractivity contribution in [2.45, 2.75) is 31.3 Å². The lowest BCUT2D eigenvalue weighted by Gasteiger charge is -2.20. The van der Waals surface area contributed by atoms with Crippen LogP contribution in [0.4, 0.5) is 4.79 Å². The minimum atomic E-state index is -1.14. The first-order chi connectivity index (χ1) is 8.54. The number of hydrogen-bond acceptors (Lipinski definition) is 4. The van der Waals surface area contributed by atoms with Gasteiger partial charge in [0.2, 0.25) is 0 Å². The van der Waals surface area contributed by atoms with Crippen LogP contribution in [0.3, 0.4) is 0 Å². The van der Waals surface area contributed by atoms with E-state index in [9.17, 15) is 9.59 Å². The second-order valence-corrected chi connectivity index (χ2v) is 4.53. The molecule has 104 valence electrons. The van der Waals surface area contributed by atoms with Gasteiger partial charge < -0.3 is 25.7 Å². The summed E-state index contributed by atoms with van der Waals surface area (Å²) < 4.78 is 0. The SMILES string of the molecule is CN1CCCC1CNC(=O)NC(CCO)C(=O)O. The van der Waals surface area contributed by atoms with E-state index in [0.29, 0.717) is 12.6 Å². The fourth-order valence-corrected chi connectivity index (χ4v) is 2.04. The van der Waals surface area contributed by atoms with Crippen LogP contribution in [0.1, 0.15) is 19.3 Å². The van der Waals surface area contributed by atoms with E-state index in [0.717, 1.165) is 19.4 Å². The zero-order valence-electron chi connectivity index (χ0n) is 10.6. The Kier molecular flexibility index (Phi) is 5.87. The van der Waals surface area contributed by atoms with Gasteiger partial charge in [0.1, 0.15) is 6.04 Å². The predicted octanol–water partition coefficient (Wildman–Crippen LogP) is -0.785. The maximum absolute atomic E-state index is 11.5. The summed E-state index contributed by atoms with van der Waals surface area (Å²) in [5.74, 6) is -1.14. The smallest absolute Gasteiger partial charge is 0.326 e. The second-order valence-electron chi connectivity index (χ2n) is 4.53. The molecule has 0 aromatic carbocycles. The number of aliphatic hydroxyl groups is 1. The van der Waals surface area contributed by atoms with Crippen molar-refractivity contribution in [1.29, 1.82) is 0 Å². The summed E-state index contributed by atoms with van der Waals surface area (Å²) in [6.07, 6.45) is 2.16. The number of likely N-dealkylation sites (N-methyl/N-ethyl adjacent to an activating group) is 1. The van der Waals surface area contributed by atoms with Gasteiger partial charge in [-0.05, 0) is 26.4 Å². The molecule has 0 aromatic heterocycles. The second kappa shape index (κ2) is 7.17. The molecule has 0 radical (unpaired) electrons. The summed E-state index contributed by atoms with van der Waals surface area (Å²) in [6, 6.07) is -1.23. The third-order valence-electron chi connectivity index (χ3n) is 3.19. The number of nitrogens with one attached hydrogen (secondary N) is 2. The Balaban J connectivity index is 2.29. The Labute approximate surface area is 106 Å². The Hall–Kier alpha value is -1.34. The van der Waals surface area contributed by atoms with E-state index < -0.39 is 18.0 Å². The van der Waals surface area contributed by atoms with Crippen molar-refractivity contribution in [2.24, 2.45) is 0 Å². The van der Waals surface area contributed by atoms with Crippen molar-refractivity contribution in [3.05, 3.63) is 0 Å². The van der Waals surface area contributed by atoms with Gasteiger partial charge in [-0.1, -0.05) is 0 Å². The molecule has 7 nitrogen and oxygen atoms in total. The highest BCUT2D eigenvalue weighted by Crippen LogP contribution is 2.13. The van der Waals surface area contributed by atoms with Crippen molar-refractivity contribution in [1.82, 2.24) is 15.5 Å². The van der Waals surface area contributed by atoms with Gasteiger partial charge in [-0.3, -0.25) is 0 Å². The Bertz CT molecular complexity index is 298. The number of rotatable bonds is 6. The molecule has 0 spiro atoms. The van der Waals surface area contributed by atoms with E-state index in [4.69, 9.17) is 10.2 Å². The highest BCUT2D eigenvalue weighted by Gasteiger charge is 2.23. The Morgan fingerprint density at radius 2 is 2.22 bits per heavy atom. The van der Waals surface area contributed by atoms with Crippen LogP contribution >= 0.6 is 0 Å². The number of nitrogens with zero attached hydrogens (tertiary/aromatic N) is 1. The van der Waals surface area contributed by atoms with Gasteiger partial charge in [-0.2, -0.15) is 0 Å². The average molecular weight is 259 g/mol. The first-order valence-electron chi connectivity index (χ1n) is 6.13. The predicted molar refractivity (Wildman–Crippen MR) is 65.3 cm³/mol. The molecule has 1 fully saturated rings. The first kappa shape index (κ1) is 14.7. The van der Waals surface area contributed by atoms with Crippen LogP contribution in [0.15, 0.2) is 0 Å². The van der Waals surface area contributed by atoms with Crippen LogP contribution in [-0.4, -0.2) is 65.9 Å². The number of carboxylic acids is 1. The van der Waals surface area contributed by atoms with Gasteiger partial charge in [0, 0.05) is 25.6 Å². The standard InChI is InChI=1S/C11H21N3O4/c1-14-5-2-3-8(14)7-12-11(18)13-9(4-6-15)10(16)17/h8-9,15H,2-7H2,1H3,(H,16,17)(H2,12,13,18). The minimum Gasteiger partial charge on any atom is -0.480 e. The van der Waals surface area contributed by atoms with Gasteiger partial charge >= 0.3 is 12.0 Å². The molecule has 4 N–H and O–H groups in total. The van der Waals surface area contributed by atoms with Gasteiger partial charge in [0.15, 0.2) is 0 Å². The van der Waals surface area contributed by atoms with Crippen molar-refractivity contribution >= 4 is 12.0 Å². The summed E-state index contributed by atoms with van der Waals surface area (Å²) in [5, 5.41) is 22.5. The Morgan fingerprint density at radius 1 is 1.50 bits per heavy atom. The van der Waals surface area contributed by atoms with Gasteiger partial charge in [-0.25, -0.2) is 9.59 Å². The third-order valence-corrected chi connectivity index (χ3v) is 3.19. The summed E-state index contributed by atoms with van der Waals surface area (Å²) in [4.78, 5) is 24.5. The van der Waals surface area contributed by atoms with Crippen LogP contribution < -0.4 is 10.6 Å². The lowest BCUT2D eigenvalue weighted by Crippen LogP contribution is -2.49. The fraction of sp³-hybridized carbons (Fsp3) is 0.818. The molecular weight excluding hydrogens is 238 g/mol. The normalized spacial score (nSPS) is 21.6. The summed E-state index contributed by atoms with van der Waals surface area (Å²) in [6.45, 7) is 1.26. The van der Waals surface area contributed by atoms with Crippen molar-refractivity contribution < 1.29 is 19.8 Å². The number of hydrogen-bond donors (Lipinski definition) is 4. The lowest BCUT2D eigenvalue weighted by atomic mass is 10.2. The molecule has 2 amide bonds. The monoisotopic (exact) mass is 259 g/mol. The fourth-order valence-electron chi connectivity index (χ4n) is 2.04. The van der Waals surface area contributed by atoms with E-state index in [1.165, 1.54) is 0 Å². The molecular formula is C11H21N3O4. The van der Waals surface area contributed by atoms with E-state index in [-0.39, 0.29) is 13.0 Å². The molecule has 0 aliphatic carbocycles. The van der Waals surface area contributed by atoms with Gasteiger partial charge in [0.05, 0.1) is 0 Å². The molecule has 1 heterocycles. The lowest BCUT2D eigenvalue weighted by molar-refractivity contribution is -0.139. The summed E-state index contributed by atoms with van der Waals surface area (Å²) >= 11 is 0. The van der Waals surface area contributed by atoms with E-state index >= 15 is 0 Å². The van der Waals surface area contributed by atoms with Crippen LogP contribution in [-0.2, 0) is 4.79 Å². The maximum Gasteiger partial charge on any atom is 0.326 e. The highest BCUT2D eigenvalue weighted by atomic mass is 16.4. The quantitative estimate of drug-likeness (QED) is 0.501. The zero-order chi connectivity index (χ0) is 13.5.